The molecule has 0 saturated heterocycles. The van der Waals surface area contributed by atoms with E-state index in [1.807, 2.05) is 6.07 Å². The Morgan fingerprint density at radius 3 is 2.55 bits per heavy atom. The van der Waals surface area contributed by atoms with Crippen LogP contribution in [0.15, 0.2) is 36.4 Å². The van der Waals surface area contributed by atoms with Crippen LogP contribution >= 0.6 is 11.3 Å². The minimum Gasteiger partial charge on any atom is -0.368 e. The van der Waals surface area contributed by atoms with E-state index in [4.69, 9.17) is 0 Å². The molecule has 0 aliphatic carbocycles. The molecule has 102 valence electrons. The van der Waals surface area contributed by atoms with Gasteiger partial charge in [-0.15, -0.1) is 21.5 Å². The van der Waals surface area contributed by atoms with Gasteiger partial charge in [0.15, 0.2) is 5.82 Å². The van der Waals surface area contributed by atoms with E-state index in [1.54, 1.807) is 11.3 Å². The summed E-state index contributed by atoms with van der Waals surface area (Å²) in [5, 5.41) is 14.5. The fourth-order valence-corrected chi connectivity index (χ4v) is 3.09. The van der Waals surface area contributed by atoms with Crippen molar-refractivity contribution in [1.29, 1.82) is 0 Å². The predicted molar refractivity (Wildman–Crippen MR) is 86.4 cm³/mol. The van der Waals surface area contributed by atoms with E-state index in [-0.39, 0.29) is 0 Å². The summed E-state index contributed by atoms with van der Waals surface area (Å²) >= 11 is 1.76. The zero-order valence-corrected chi connectivity index (χ0v) is 12.5. The molecule has 0 bridgehead atoms. The van der Waals surface area contributed by atoms with Gasteiger partial charge in [-0.3, -0.25) is 0 Å². The molecule has 0 fully saturated rings. The molecule has 0 spiro atoms. The number of rotatable bonds is 4. The Bertz CT molecular complexity index is 733. The molecular formula is C16H17N3S. The van der Waals surface area contributed by atoms with Crippen LogP contribution in [0, 0.1) is 6.92 Å². The summed E-state index contributed by atoms with van der Waals surface area (Å²) in [7, 11) is 0. The molecule has 3 nitrogen and oxygen atoms in total. The lowest BCUT2D eigenvalue weighted by atomic mass is 10.1. The number of thiophene rings is 1. The van der Waals surface area contributed by atoms with Gasteiger partial charge >= 0.3 is 0 Å². The van der Waals surface area contributed by atoms with Crippen molar-refractivity contribution in [3.05, 3.63) is 41.3 Å². The van der Waals surface area contributed by atoms with E-state index in [1.165, 1.54) is 9.75 Å². The average molecular weight is 283 g/mol. The van der Waals surface area contributed by atoms with E-state index in [0.717, 1.165) is 35.2 Å². The van der Waals surface area contributed by atoms with Gasteiger partial charge in [-0.2, -0.15) is 0 Å². The maximum absolute atomic E-state index is 4.44. The van der Waals surface area contributed by atoms with Crippen LogP contribution in [0.2, 0.25) is 0 Å². The summed E-state index contributed by atoms with van der Waals surface area (Å²) < 4.78 is 0. The quantitative estimate of drug-likeness (QED) is 0.766. The third-order valence-electron chi connectivity index (χ3n) is 3.20. The van der Waals surface area contributed by atoms with Gasteiger partial charge in [0.25, 0.3) is 0 Å². The Hall–Kier alpha value is -1.94. The molecule has 0 amide bonds. The van der Waals surface area contributed by atoms with E-state index in [9.17, 15) is 0 Å². The zero-order chi connectivity index (χ0) is 13.9. The Kier molecular flexibility index (Phi) is 3.65. The van der Waals surface area contributed by atoms with Gasteiger partial charge in [-0.05, 0) is 25.5 Å². The molecule has 20 heavy (non-hydrogen) atoms. The standard InChI is InChI=1S/C16H17N3S/c1-3-10-17-16-13-7-5-4-6-12(13)15(18-19-16)14-9-8-11(2)20-14/h4-9H,3,10H2,1-2H3,(H,17,19). The smallest absolute Gasteiger partial charge is 0.156 e. The number of nitrogens with zero attached hydrogens (tertiary/aromatic N) is 2. The van der Waals surface area contributed by atoms with Crippen molar-refractivity contribution in [3.8, 4) is 10.6 Å². The molecule has 0 radical (unpaired) electrons. The minimum absolute atomic E-state index is 0.875. The molecule has 1 aromatic carbocycles. The van der Waals surface area contributed by atoms with Gasteiger partial charge in [0, 0.05) is 22.2 Å². The van der Waals surface area contributed by atoms with Gasteiger partial charge < -0.3 is 5.32 Å². The number of anilines is 1. The summed E-state index contributed by atoms with van der Waals surface area (Å²) in [5.74, 6) is 0.875. The maximum atomic E-state index is 4.44. The fraction of sp³-hybridized carbons (Fsp3) is 0.250. The number of benzene rings is 1. The number of hydrogen-bond donors (Lipinski definition) is 1. The molecule has 1 N–H and O–H groups in total. The third kappa shape index (κ3) is 2.39. The lowest BCUT2D eigenvalue weighted by Gasteiger charge is -2.09. The molecule has 0 atom stereocenters. The lowest BCUT2D eigenvalue weighted by Crippen LogP contribution is -2.04. The van der Waals surface area contributed by atoms with Crippen LogP contribution in [0.1, 0.15) is 18.2 Å². The van der Waals surface area contributed by atoms with Crippen molar-refractivity contribution < 1.29 is 0 Å². The molecule has 0 unspecified atom stereocenters. The van der Waals surface area contributed by atoms with Crippen LogP contribution < -0.4 is 5.32 Å². The van der Waals surface area contributed by atoms with Crippen LogP contribution in [0.5, 0.6) is 0 Å². The maximum Gasteiger partial charge on any atom is 0.156 e. The Labute approximate surface area is 122 Å². The fourth-order valence-electron chi connectivity index (χ4n) is 2.22. The van der Waals surface area contributed by atoms with E-state index >= 15 is 0 Å². The minimum atomic E-state index is 0.875. The van der Waals surface area contributed by atoms with Crippen LogP contribution in [0.25, 0.3) is 21.3 Å². The molecule has 0 aliphatic heterocycles. The van der Waals surface area contributed by atoms with Crippen molar-refractivity contribution in [3.63, 3.8) is 0 Å². The van der Waals surface area contributed by atoms with Gasteiger partial charge in [0.05, 0.1) is 4.88 Å². The largest absolute Gasteiger partial charge is 0.368 e. The van der Waals surface area contributed by atoms with Crippen molar-refractivity contribution in [2.24, 2.45) is 0 Å². The molecule has 3 rings (SSSR count). The number of aryl methyl sites for hydroxylation is 1. The number of hydrogen-bond acceptors (Lipinski definition) is 4. The highest BCUT2D eigenvalue weighted by Gasteiger charge is 2.11. The highest BCUT2D eigenvalue weighted by Crippen LogP contribution is 2.33. The van der Waals surface area contributed by atoms with Gasteiger partial charge in [-0.1, -0.05) is 31.2 Å². The first kappa shape index (κ1) is 13.1. The van der Waals surface area contributed by atoms with Crippen LogP contribution in [0.3, 0.4) is 0 Å². The average Bonchev–Trinajstić information content (AvgIpc) is 2.91. The Morgan fingerprint density at radius 2 is 1.85 bits per heavy atom. The molecule has 4 heteroatoms. The summed E-state index contributed by atoms with van der Waals surface area (Å²) in [6.45, 7) is 5.17. The Balaban J connectivity index is 2.15. The number of nitrogens with one attached hydrogen (secondary N) is 1. The second kappa shape index (κ2) is 5.59. The molecule has 2 aromatic heterocycles. The van der Waals surface area contributed by atoms with Gasteiger partial charge in [0.1, 0.15) is 5.69 Å². The highest BCUT2D eigenvalue weighted by molar-refractivity contribution is 7.15. The van der Waals surface area contributed by atoms with Gasteiger partial charge in [-0.25, -0.2) is 0 Å². The van der Waals surface area contributed by atoms with E-state index in [2.05, 4.69) is 59.7 Å². The second-order valence-corrected chi connectivity index (χ2v) is 6.07. The number of aromatic nitrogens is 2. The van der Waals surface area contributed by atoms with E-state index in [0.29, 0.717) is 0 Å². The highest BCUT2D eigenvalue weighted by atomic mass is 32.1. The van der Waals surface area contributed by atoms with Crippen molar-refractivity contribution >= 4 is 27.9 Å². The van der Waals surface area contributed by atoms with Crippen molar-refractivity contribution in [2.45, 2.75) is 20.3 Å². The summed E-state index contributed by atoms with van der Waals surface area (Å²) in [6.07, 6.45) is 1.07. The Morgan fingerprint density at radius 1 is 1.05 bits per heavy atom. The van der Waals surface area contributed by atoms with Crippen LogP contribution in [-0.4, -0.2) is 16.7 Å². The molecule has 0 aliphatic rings. The summed E-state index contributed by atoms with van der Waals surface area (Å²) in [5.41, 5.74) is 0.973. The molecular weight excluding hydrogens is 266 g/mol. The monoisotopic (exact) mass is 283 g/mol. The first-order valence-electron chi connectivity index (χ1n) is 6.85. The van der Waals surface area contributed by atoms with Crippen molar-refractivity contribution in [2.75, 3.05) is 11.9 Å². The van der Waals surface area contributed by atoms with Crippen LogP contribution in [-0.2, 0) is 0 Å². The molecule has 3 aromatic rings. The third-order valence-corrected chi connectivity index (χ3v) is 4.21. The van der Waals surface area contributed by atoms with E-state index < -0.39 is 0 Å². The summed E-state index contributed by atoms with van der Waals surface area (Å²) in [6, 6.07) is 12.6. The first-order chi connectivity index (χ1) is 9.79. The topological polar surface area (TPSA) is 37.8 Å². The lowest BCUT2D eigenvalue weighted by molar-refractivity contribution is 0.953. The predicted octanol–water partition coefficient (Wildman–Crippen LogP) is 4.49. The normalized spacial score (nSPS) is 10.9. The number of fused-ring (bicyclic) bond motifs is 1. The van der Waals surface area contributed by atoms with Gasteiger partial charge in [0.2, 0.25) is 0 Å². The second-order valence-electron chi connectivity index (χ2n) is 4.78. The van der Waals surface area contributed by atoms with Crippen LogP contribution in [0.4, 0.5) is 5.82 Å². The summed E-state index contributed by atoms with van der Waals surface area (Å²) in [4.78, 5) is 2.47. The van der Waals surface area contributed by atoms with Crippen molar-refractivity contribution in [1.82, 2.24) is 10.2 Å². The molecule has 0 saturated carbocycles. The SMILES string of the molecule is CCCNc1nnc(-c2ccc(C)s2)c2ccccc12. The zero-order valence-electron chi connectivity index (χ0n) is 11.7. The first-order valence-corrected chi connectivity index (χ1v) is 7.67. The molecule has 2 heterocycles.